The van der Waals surface area contributed by atoms with E-state index in [-0.39, 0.29) is 5.91 Å². The molecule has 7 heteroatoms. The third kappa shape index (κ3) is 2.83. The zero-order chi connectivity index (χ0) is 13.1. The zero-order valence-electron chi connectivity index (χ0n) is 9.90. The lowest BCUT2D eigenvalue weighted by Gasteiger charge is -2.08. The molecule has 2 rings (SSSR count). The topological polar surface area (TPSA) is 58.6 Å². The Balaban J connectivity index is 2.18. The number of thioether (sulfide) groups is 1. The second-order valence-electron chi connectivity index (χ2n) is 3.94. The molecule has 0 atom stereocenters. The number of hydrogen-bond donors (Lipinski definition) is 2. The van der Waals surface area contributed by atoms with Crippen LogP contribution in [0.1, 0.15) is 15.9 Å². The predicted octanol–water partition coefficient (Wildman–Crippen LogP) is 0.651. The Kier molecular flexibility index (Phi) is 4.56. The summed E-state index contributed by atoms with van der Waals surface area (Å²) in [5, 5.41) is 12.8. The molecule has 0 aromatic heterocycles. The molecule has 0 fully saturated rings. The average Bonchev–Trinajstić information content (AvgIpc) is 2.69. The third-order valence-electron chi connectivity index (χ3n) is 2.73. The van der Waals surface area contributed by atoms with E-state index < -0.39 is 7.12 Å². The van der Waals surface area contributed by atoms with E-state index in [1.165, 1.54) is 0 Å². The number of halogens is 1. The molecule has 1 heterocycles. The van der Waals surface area contributed by atoms with Gasteiger partial charge in [-0.2, -0.15) is 11.8 Å². The van der Waals surface area contributed by atoms with Crippen molar-refractivity contribution < 1.29 is 14.5 Å². The zero-order valence-corrected chi connectivity index (χ0v) is 11.5. The Morgan fingerprint density at radius 3 is 3.17 bits per heavy atom. The average molecular weight is 286 g/mol. The first-order valence-corrected chi connectivity index (χ1v) is 7.29. The maximum atomic E-state index is 11.9. The minimum atomic E-state index is -0.963. The highest BCUT2D eigenvalue weighted by molar-refractivity contribution is 7.98. The SMILES string of the molecule is CSCCNC(=O)c1cc2c(cc1Cl)COB2O. The van der Waals surface area contributed by atoms with Gasteiger partial charge < -0.3 is 15.0 Å². The maximum Gasteiger partial charge on any atom is 0.491 e. The molecular formula is C11H13BClNO3S. The van der Waals surface area contributed by atoms with Crippen LogP contribution in [0, 0.1) is 0 Å². The van der Waals surface area contributed by atoms with E-state index in [2.05, 4.69) is 5.32 Å². The Morgan fingerprint density at radius 1 is 1.67 bits per heavy atom. The predicted molar refractivity (Wildman–Crippen MR) is 74.6 cm³/mol. The van der Waals surface area contributed by atoms with Crippen molar-refractivity contribution in [1.29, 1.82) is 0 Å². The summed E-state index contributed by atoms with van der Waals surface area (Å²) in [7, 11) is -0.963. The summed E-state index contributed by atoms with van der Waals surface area (Å²) in [6.07, 6.45) is 1.97. The molecule has 0 bridgehead atoms. The van der Waals surface area contributed by atoms with Crippen molar-refractivity contribution in [2.24, 2.45) is 0 Å². The Bertz CT molecular complexity index is 472. The normalized spacial score (nSPS) is 13.6. The van der Waals surface area contributed by atoms with Gasteiger partial charge in [-0.15, -0.1) is 0 Å². The van der Waals surface area contributed by atoms with Gasteiger partial charge in [0.05, 0.1) is 17.2 Å². The van der Waals surface area contributed by atoms with Crippen LogP contribution in [0.25, 0.3) is 0 Å². The summed E-state index contributed by atoms with van der Waals surface area (Å²) < 4.78 is 5.07. The summed E-state index contributed by atoms with van der Waals surface area (Å²) in [5.74, 6) is 0.621. The highest BCUT2D eigenvalue weighted by Crippen LogP contribution is 2.20. The fourth-order valence-electron chi connectivity index (χ4n) is 1.78. The number of amides is 1. The van der Waals surface area contributed by atoms with Crippen molar-refractivity contribution in [1.82, 2.24) is 5.32 Å². The Hall–Kier alpha value is -0.685. The summed E-state index contributed by atoms with van der Waals surface area (Å²) in [6, 6.07) is 3.28. The second-order valence-corrected chi connectivity index (χ2v) is 5.34. The number of carbonyl (C=O) groups is 1. The van der Waals surface area contributed by atoms with Crippen LogP contribution >= 0.6 is 23.4 Å². The molecule has 1 aliphatic heterocycles. The van der Waals surface area contributed by atoms with E-state index in [9.17, 15) is 9.82 Å². The van der Waals surface area contributed by atoms with Crippen LogP contribution in [0.3, 0.4) is 0 Å². The van der Waals surface area contributed by atoms with Crippen LogP contribution in [0.15, 0.2) is 12.1 Å². The Morgan fingerprint density at radius 2 is 2.44 bits per heavy atom. The molecule has 1 aromatic rings. The smallest absolute Gasteiger partial charge is 0.423 e. The molecule has 0 saturated heterocycles. The second kappa shape index (κ2) is 5.97. The van der Waals surface area contributed by atoms with Crippen molar-refractivity contribution in [2.75, 3.05) is 18.6 Å². The first kappa shape index (κ1) is 13.7. The van der Waals surface area contributed by atoms with Gasteiger partial charge in [0.1, 0.15) is 0 Å². The number of hydrogen-bond acceptors (Lipinski definition) is 4. The molecule has 0 saturated carbocycles. The van der Waals surface area contributed by atoms with Crippen molar-refractivity contribution in [3.05, 3.63) is 28.3 Å². The maximum absolute atomic E-state index is 11.9. The first-order valence-electron chi connectivity index (χ1n) is 5.52. The van der Waals surface area contributed by atoms with Crippen molar-refractivity contribution in [3.8, 4) is 0 Å². The molecule has 2 N–H and O–H groups in total. The van der Waals surface area contributed by atoms with E-state index in [1.54, 1.807) is 23.9 Å². The molecular weight excluding hydrogens is 272 g/mol. The van der Waals surface area contributed by atoms with Gasteiger partial charge >= 0.3 is 7.12 Å². The number of benzene rings is 1. The van der Waals surface area contributed by atoms with Crippen LogP contribution < -0.4 is 10.8 Å². The first-order chi connectivity index (χ1) is 8.63. The van der Waals surface area contributed by atoms with E-state index >= 15 is 0 Å². The molecule has 0 unspecified atom stereocenters. The quantitative estimate of drug-likeness (QED) is 0.630. The van der Waals surface area contributed by atoms with Crippen LogP contribution in [-0.2, 0) is 11.3 Å². The molecule has 1 aliphatic rings. The molecule has 1 amide bonds. The number of carbonyl (C=O) groups excluding carboxylic acids is 1. The molecule has 18 heavy (non-hydrogen) atoms. The van der Waals surface area contributed by atoms with Gasteiger partial charge in [0.2, 0.25) is 0 Å². The fourth-order valence-corrected chi connectivity index (χ4v) is 2.36. The summed E-state index contributed by atoms with van der Waals surface area (Å²) in [5.41, 5.74) is 1.82. The van der Waals surface area contributed by atoms with Gasteiger partial charge in [-0.05, 0) is 29.4 Å². The highest BCUT2D eigenvalue weighted by Gasteiger charge is 2.29. The minimum Gasteiger partial charge on any atom is -0.423 e. The van der Waals surface area contributed by atoms with E-state index in [0.717, 1.165) is 11.3 Å². The van der Waals surface area contributed by atoms with Crippen molar-refractivity contribution in [2.45, 2.75) is 6.61 Å². The fraction of sp³-hybridized carbons (Fsp3) is 0.364. The van der Waals surface area contributed by atoms with Crippen LogP contribution in [-0.4, -0.2) is 36.6 Å². The van der Waals surface area contributed by atoms with Gasteiger partial charge in [0, 0.05) is 12.3 Å². The van der Waals surface area contributed by atoms with Gasteiger partial charge in [-0.3, -0.25) is 4.79 Å². The third-order valence-corrected chi connectivity index (χ3v) is 3.65. The number of rotatable bonds is 4. The van der Waals surface area contributed by atoms with Gasteiger partial charge in [0.15, 0.2) is 0 Å². The molecule has 0 aliphatic carbocycles. The lowest BCUT2D eigenvalue weighted by molar-refractivity contribution is 0.0956. The van der Waals surface area contributed by atoms with Gasteiger partial charge in [0.25, 0.3) is 5.91 Å². The lowest BCUT2D eigenvalue weighted by Crippen LogP contribution is -2.31. The van der Waals surface area contributed by atoms with Crippen LogP contribution in [0.2, 0.25) is 5.02 Å². The molecule has 1 aromatic carbocycles. The number of nitrogens with one attached hydrogen (secondary N) is 1. The molecule has 0 spiro atoms. The minimum absolute atomic E-state index is 0.226. The summed E-state index contributed by atoms with van der Waals surface area (Å²) in [4.78, 5) is 11.9. The molecule has 96 valence electrons. The standard InChI is InChI=1S/C11H13BClNO3S/c1-18-3-2-14-11(15)8-5-9-7(4-10(8)13)6-17-12(9)16/h4-5,16H,2-3,6H2,1H3,(H,14,15). The van der Waals surface area contributed by atoms with Crippen molar-refractivity contribution >= 4 is 41.9 Å². The Labute approximate surface area is 115 Å². The van der Waals surface area contributed by atoms with Crippen LogP contribution in [0.5, 0.6) is 0 Å². The van der Waals surface area contributed by atoms with Gasteiger partial charge in [-0.25, -0.2) is 0 Å². The number of fused-ring (bicyclic) bond motifs is 1. The highest BCUT2D eigenvalue weighted by atomic mass is 35.5. The molecule has 4 nitrogen and oxygen atoms in total. The molecule has 0 radical (unpaired) electrons. The van der Waals surface area contributed by atoms with Gasteiger partial charge in [-0.1, -0.05) is 11.6 Å². The van der Waals surface area contributed by atoms with E-state index in [0.29, 0.717) is 29.2 Å². The van der Waals surface area contributed by atoms with Crippen LogP contribution in [0.4, 0.5) is 0 Å². The summed E-state index contributed by atoms with van der Waals surface area (Å²) >= 11 is 7.72. The van der Waals surface area contributed by atoms with E-state index in [1.807, 2.05) is 6.26 Å². The van der Waals surface area contributed by atoms with E-state index in [4.69, 9.17) is 16.3 Å². The van der Waals surface area contributed by atoms with Crippen molar-refractivity contribution in [3.63, 3.8) is 0 Å². The summed E-state index contributed by atoms with van der Waals surface area (Å²) in [6.45, 7) is 0.914. The monoisotopic (exact) mass is 285 g/mol. The largest absolute Gasteiger partial charge is 0.491 e. The lowest BCUT2D eigenvalue weighted by atomic mass is 9.78.